The zero-order valence-corrected chi connectivity index (χ0v) is 38.0. The summed E-state index contributed by atoms with van der Waals surface area (Å²) in [5, 5.41) is 11.7. The number of thiophene rings is 1. The van der Waals surface area contributed by atoms with E-state index in [1.54, 1.807) is 33.0 Å². The highest BCUT2D eigenvalue weighted by molar-refractivity contribution is 7.16. The quantitative estimate of drug-likeness (QED) is 0.150. The highest BCUT2D eigenvalue weighted by Gasteiger charge is 2.71. The number of pyridine rings is 1. The van der Waals surface area contributed by atoms with Crippen LogP contribution in [0.5, 0.6) is 0 Å². The van der Waals surface area contributed by atoms with Crippen LogP contribution in [0, 0.1) is 40.9 Å². The maximum atomic E-state index is 15.3. The van der Waals surface area contributed by atoms with Crippen molar-refractivity contribution in [2.45, 2.75) is 129 Å². The third-order valence-corrected chi connectivity index (χ3v) is 14.5. The van der Waals surface area contributed by atoms with Gasteiger partial charge >= 0.3 is 11.9 Å². The second-order valence-electron chi connectivity index (χ2n) is 18.3. The van der Waals surface area contributed by atoms with E-state index in [1.165, 1.54) is 18.3 Å². The third kappa shape index (κ3) is 9.03. The lowest BCUT2D eigenvalue weighted by Gasteiger charge is -2.48. The van der Waals surface area contributed by atoms with Crippen LogP contribution >= 0.6 is 11.3 Å². The summed E-state index contributed by atoms with van der Waals surface area (Å²) in [6.07, 6.45) is -0.370. The van der Waals surface area contributed by atoms with Gasteiger partial charge < -0.3 is 33.7 Å². The summed E-state index contributed by atoms with van der Waals surface area (Å²) in [7, 11) is 3.75. The fraction of sp³-hybridized carbons (Fsp3) is 0.638. The second kappa shape index (κ2) is 18.5. The van der Waals surface area contributed by atoms with Crippen molar-refractivity contribution < 1.29 is 48.0 Å². The van der Waals surface area contributed by atoms with Gasteiger partial charge in [0.05, 0.1) is 33.3 Å². The molecule has 13 nitrogen and oxygen atoms in total. The normalized spacial score (nSPS) is 38.6. The van der Waals surface area contributed by atoms with Crippen molar-refractivity contribution in [3.63, 3.8) is 0 Å². The van der Waals surface area contributed by atoms with Crippen LogP contribution in [0.1, 0.15) is 79.5 Å². The Labute approximate surface area is 364 Å². The topological polar surface area (TPSA) is 154 Å². The average molecular weight is 862 g/mol. The number of hydrogen-bond acceptors (Lipinski definition) is 14. The maximum absolute atomic E-state index is 15.3. The highest BCUT2D eigenvalue weighted by Crippen LogP contribution is 2.56. The molecule has 0 amide bonds. The van der Waals surface area contributed by atoms with Gasteiger partial charge in [0.25, 0.3) is 0 Å². The number of carbonyl (C=O) groups excluding carboxylic acids is 4. The summed E-state index contributed by atoms with van der Waals surface area (Å²) < 4.78 is 32.2. The van der Waals surface area contributed by atoms with E-state index >= 15 is 4.79 Å². The average Bonchev–Trinajstić information content (AvgIpc) is 3.91. The van der Waals surface area contributed by atoms with Gasteiger partial charge in [0.2, 0.25) is 0 Å². The minimum Gasteiger partial charge on any atom is -0.458 e. The van der Waals surface area contributed by atoms with Crippen molar-refractivity contribution >= 4 is 34.8 Å². The number of likely N-dealkylation sites (N-methyl/N-ethyl adjacent to an activating group) is 1. The Morgan fingerprint density at radius 3 is 2.48 bits per heavy atom. The molecule has 0 spiro atoms. The summed E-state index contributed by atoms with van der Waals surface area (Å²) in [6, 6.07) is 8.50. The van der Waals surface area contributed by atoms with Gasteiger partial charge in [-0.3, -0.25) is 29.1 Å². The molecule has 61 heavy (non-hydrogen) atoms. The molecule has 2 aromatic heterocycles. The number of ether oxygens (including phenoxy) is 5. The van der Waals surface area contributed by atoms with Crippen molar-refractivity contribution in [2.75, 3.05) is 33.8 Å². The predicted molar refractivity (Wildman–Crippen MR) is 230 cm³/mol. The number of aromatic nitrogens is 1. The molecule has 2 aromatic rings. The summed E-state index contributed by atoms with van der Waals surface area (Å²) in [4.78, 5) is 68.0. The number of esters is 2. The van der Waals surface area contributed by atoms with E-state index in [0.29, 0.717) is 13.0 Å². The van der Waals surface area contributed by atoms with Crippen molar-refractivity contribution in [1.82, 2.24) is 14.8 Å². The SMILES string of the molecule is C=CCN1C[C@@]2(C)C(=O)[C@H](C)C[C@](C)(OCC#Cc3ccc(-c4ccccn4)s3)[C@H](O[C@@H]3O[C@H](C)C[C@H](N(C)C)[C@H]3O)[C@@H](C)C(=O)[C@@H](C)C(=O)O[C@H](CC)[C@@]3(C)OC(=O)[C@H]1[C@@H]32. The Bertz CT molecular complexity index is 2010. The molecule has 1 N–H and O–H groups in total. The molecule has 0 bridgehead atoms. The maximum Gasteiger partial charge on any atom is 0.324 e. The molecule has 332 valence electrons. The summed E-state index contributed by atoms with van der Waals surface area (Å²) >= 11 is 1.50. The fourth-order valence-electron chi connectivity index (χ4n) is 10.6. The number of hydrogen-bond donors (Lipinski definition) is 1. The summed E-state index contributed by atoms with van der Waals surface area (Å²) in [5.74, 6) is 0.720. The zero-order chi connectivity index (χ0) is 44.6. The van der Waals surface area contributed by atoms with Crippen LogP contribution in [0.25, 0.3) is 10.6 Å². The molecular formula is C47H63N3O10S. The Balaban J connectivity index is 1.44. The van der Waals surface area contributed by atoms with E-state index in [-0.39, 0.29) is 43.9 Å². The molecule has 0 unspecified atom stereocenters. The lowest BCUT2D eigenvalue weighted by molar-refractivity contribution is -0.296. The van der Waals surface area contributed by atoms with Gasteiger partial charge in [0.15, 0.2) is 17.7 Å². The first-order valence-electron chi connectivity index (χ1n) is 21.4. The summed E-state index contributed by atoms with van der Waals surface area (Å²) in [6.45, 7) is 18.5. The van der Waals surface area contributed by atoms with Crippen LogP contribution in [0.2, 0.25) is 0 Å². The number of carbonyl (C=O) groups is 4. The molecular weight excluding hydrogens is 799 g/mol. The number of rotatable bonds is 9. The van der Waals surface area contributed by atoms with Crippen molar-refractivity contribution in [3.8, 4) is 22.4 Å². The van der Waals surface area contributed by atoms with Crippen molar-refractivity contribution in [1.29, 1.82) is 0 Å². The van der Waals surface area contributed by atoms with Gasteiger partial charge in [0, 0.05) is 48.5 Å². The molecule has 0 saturated carbocycles. The molecule has 4 aliphatic rings. The van der Waals surface area contributed by atoms with Crippen LogP contribution < -0.4 is 0 Å². The number of aliphatic hydroxyl groups is 1. The van der Waals surface area contributed by atoms with E-state index in [0.717, 1.165) is 15.4 Å². The first-order valence-corrected chi connectivity index (χ1v) is 22.3. The minimum atomic E-state index is -1.43. The summed E-state index contributed by atoms with van der Waals surface area (Å²) in [5.41, 5.74) is -3.11. The van der Waals surface area contributed by atoms with E-state index in [4.69, 9.17) is 23.7 Å². The number of Topliss-reactive ketones (excluding diaryl/α,β-unsaturated/α-hetero) is 2. The first kappa shape index (κ1) is 46.7. The molecule has 0 aromatic carbocycles. The fourth-order valence-corrected chi connectivity index (χ4v) is 11.4. The Hall–Kier alpha value is -3.81. The van der Waals surface area contributed by atoms with Gasteiger partial charge in [-0.2, -0.15) is 0 Å². The first-order chi connectivity index (χ1) is 28.8. The van der Waals surface area contributed by atoms with Gasteiger partial charge in [-0.05, 0) is 85.3 Å². The number of cyclic esters (lactones) is 1. The minimum absolute atomic E-state index is 0.0596. The van der Waals surface area contributed by atoms with Crippen LogP contribution in [-0.2, 0) is 42.9 Å². The van der Waals surface area contributed by atoms with E-state index < -0.39 is 88.7 Å². The Morgan fingerprint density at radius 1 is 1.08 bits per heavy atom. The van der Waals surface area contributed by atoms with E-state index in [1.807, 2.05) is 81.9 Å². The monoisotopic (exact) mass is 861 g/mol. The number of likely N-dealkylation sites (tertiary alicyclic amines) is 1. The van der Waals surface area contributed by atoms with E-state index in [9.17, 15) is 19.5 Å². The van der Waals surface area contributed by atoms with Crippen LogP contribution in [-0.4, -0.2) is 131 Å². The van der Waals surface area contributed by atoms with Crippen molar-refractivity contribution in [2.24, 2.45) is 29.1 Å². The zero-order valence-electron chi connectivity index (χ0n) is 37.2. The molecule has 14 atom stereocenters. The van der Waals surface area contributed by atoms with Crippen LogP contribution in [0.3, 0.4) is 0 Å². The van der Waals surface area contributed by atoms with Gasteiger partial charge in [-0.15, -0.1) is 17.9 Å². The Morgan fingerprint density at radius 2 is 1.82 bits per heavy atom. The molecule has 14 heteroatoms. The van der Waals surface area contributed by atoms with Crippen LogP contribution in [0.15, 0.2) is 49.2 Å². The third-order valence-electron chi connectivity index (χ3n) is 13.5. The van der Waals surface area contributed by atoms with Gasteiger partial charge in [0.1, 0.15) is 36.6 Å². The smallest absolute Gasteiger partial charge is 0.324 e. The lowest BCUT2D eigenvalue weighted by Crippen LogP contribution is -2.60. The number of nitrogens with zero attached hydrogens (tertiary/aromatic N) is 3. The number of aliphatic hydroxyl groups excluding tert-OH is 1. The predicted octanol–water partition coefficient (Wildman–Crippen LogP) is 5.33. The molecule has 4 aliphatic heterocycles. The lowest BCUT2D eigenvalue weighted by atomic mass is 9.62. The number of ketones is 2. The van der Waals surface area contributed by atoms with Crippen LogP contribution in [0.4, 0.5) is 0 Å². The molecule has 0 radical (unpaired) electrons. The largest absolute Gasteiger partial charge is 0.458 e. The van der Waals surface area contributed by atoms with Crippen molar-refractivity contribution in [3.05, 3.63) is 54.1 Å². The molecule has 6 rings (SSSR count). The molecule has 0 aliphatic carbocycles. The Kier molecular flexibility index (Phi) is 14.2. The highest BCUT2D eigenvalue weighted by atomic mass is 32.1. The van der Waals surface area contributed by atoms with Gasteiger partial charge in [-0.1, -0.05) is 51.7 Å². The van der Waals surface area contributed by atoms with Gasteiger partial charge in [-0.25, -0.2) is 0 Å². The second-order valence-corrected chi connectivity index (χ2v) is 19.4. The van der Waals surface area contributed by atoms with E-state index in [2.05, 4.69) is 23.4 Å². The molecule has 4 saturated heterocycles. The molecule has 4 fully saturated rings. The molecule has 6 heterocycles. The standard InChI is InChI=1S/C47H63N3O10S/c1-12-22-50-26-45(7)39-36(50)43(55)60-47(39,9)35(13-2)58-42(54)30(6)37(51)29(5)41(59-44-38(52)33(49(10)11)24-28(4)57-44)46(8,25-27(3)40(45)53)56-23-16-17-31-19-20-34(61-31)32-18-14-15-21-48-32/h12,14-15,18-21,27-30,33,35-36,38-39,41,44,52H,1,13,22-26H2,2-11H3/t27-,28-,29+,30-,33+,35-,36-,38-,39-,41-,44+,45-,46+,47-/m1/s1.